The molecule has 0 saturated heterocycles. The summed E-state index contributed by atoms with van der Waals surface area (Å²) in [6.45, 7) is 2.14. The molecule has 5 atom stereocenters. The molecule has 0 aromatic carbocycles. The van der Waals surface area contributed by atoms with Crippen molar-refractivity contribution in [2.45, 2.75) is 70.8 Å². The van der Waals surface area contributed by atoms with Gasteiger partial charge in [-0.3, -0.25) is 9.59 Å². The molecule has 4 nitrogen and oxygen atoms in total. The molecule has 142 valence electrons. The summed E-state index contributed by atoms with van der Waals surface area (Å²) < 4.78 is 0. The quantitative estimate of drug-likeness (QED) is 0.458. The minimum absolute atomic E-state index is 0.0585. The lowest BCUT2D eigenvalue weighted by Crippen LogP contribution is -2.50. The molecule has 0 amide bonds. The van der Waals surface area contributed by atoms with Crippen molar-refractivity contribution in [3.05, 3.63) is 11.6 Å². The van der Waals surface area contributed by atoms with Gasteiger partial charge in [-0.15, -0.1) is 0 Å². The lowest BCUT2D eigenvalue weighted by atomic mass is 9.51. The van der Waals surface area contributed by atoms with Crippen LogP contribution >= 0.6 is 0 Å². The van der Waals surface area contributed by atoms with Crippen LogP contribution in [0.2, 0.25) is 0 Å². The van der Waals surface area contributed by atoms with Crippen LogP contribution in [-0.2, 0) is 9.59 Å². The monoisotopic (exact) mass is 358 g/mol. The van der Waals surface area contributed by atoms with Crippen LogP contribution < -0.4 is 0 Å². The molecule has 3 aliphatic rings. The van der Waals surface area contributed by atoms with E-state index in [9.17, 15) is 14.7 Å². The Morgan fingerprint density at radius 3 is 2.58 bits per heavy atom. The zero-order valence-corrected chi connectivity index (χ0v) is 15.6. The number of aliphatic hydroxyl groups excluding tert-OH is 1. The minimum Gasteiger partial charge on any atom is -0.481 e. The molecule has 0 spiro atoms. The highest BCUT2D eigenvalue weighted by Gasteiger charge is 2.51. The van der Waals surface area contributed by atoms with Crippen molar-refractivity contribution < 1.29 is 19.8 Å². The summed E-state index contributed by atoms with van der Waals surface area (Å²) in [6.07, 6.45) is 9.38. The summed E-state index contributed by atoms with van der Waals surface area (Å²) in [5.74, 6) is 6.29. The Balaban J connectivity index is 1.66. The molecule has 3 aliphatic carbocycles. The zero-order valence-electron chi connectivity index (χ0n) is 15.6. The molecule has 26 heavy (non-hydrogen) atoms. The molecule has 3 rings (SSSR count). The fourth-order valence-electron chi connectivity index (χ4n) is 5.23. The maximum Gasteiger partial charge on any atom is 0.303 e. The van der Waals surface area contributed by atoms with Crippen molar-refractivity contribution in [1.82, 2.24) is 0 Å². The first-order valence-electron chi connectivity index (χ1n) is 10.1. The van der Waals surface area contributed by atoms with Crippen molar-refractivity contribution in [2.75, 3.05) is 0 Å². The largest absolute Gasteiger partial charge is 0.481 e. The number of fused-ring (bicyclic) bond motifs is 1. The van der Waals surface area contributed by atoms with Crippen LogP contribution in [0, 0.1) is 41.4 Å². The van der Waals surface area contributed by atoms with E-state index in [2.05, 4.69) is 24.8 Å². The number of carboxylic acid groups (broad SMARTS) is 1. The van der Waals surface area contributed by atoms with Gasteiger partial charge < -0.3 is 10.2 Å². The summed E-state index contributed by atoms with van der Waals surface area (Å²) in [5.41, 5.74) is 1.33. The maximum absolute atomic E-state index is 12.4. The number of carbonyl (C=O) groups excluding carboxylic acids is 1. The normalized spacial score (nSPS) is 35.8. The highest BCUT2D eigenvalue weighted by molar-refractivity contribution is 5.97. The van der Waals surface area contributed by atoms with E-state index in [0.29, 0.717) is 30.6 Å². The number of Topliss-reactive ketones (excluding diaryl/α,β-unsaturated/α-hetero) is 1. The molecule has 2 N–H and O–H groups in total. The smallest absolute Gasteiger partial charge is 0.303 e. The van der Waals surface area contributed by atoms with Crippen LogP contribution in [-0.4, -0.2) is 28.1 Å². The predicted octanol–water partition coefficient (Wildman–Crippen LogP) is 3.58. The first kappa shape index (κ1) is 19.2. The number of hydrogen-bond acceptors (Lipinski definition) is 3. The van der Waals surface area contributed by atoms with Gasteiger partial charge in [0.25, 0.3) is 0 Å². The van der Waals surface area contributed by atoms with E-state index in [-0.39, 0.29) is 24.0 Å². The second-order valence-corrected chi connectivity index (χ2v) is 8.25. The Kier molecular flexibility index (Phi) is 6.19. The van der Waals surface area contributed by atoms with Crippen molar-refractivity contribution >= 4 is 11.8 Å². The van der Waals surface area contributed by atoms with Crippen molar-refractivity contribution in [3.8, 4) is 11.8 Å². The first-order chi connectivity index (χ1) is 12.5. The summed E-state index contributed by atoms with van der Waals surface area (Å²) in [6, 6.07) is 0. The number of aliphatic carboxylic acids is 1. The van der Waals surface area contributed by atoms with Gasteiger partial charge in [0.05, 0.1) is 12.0 Å². The highest BCUT2D eigenvalue weighted by atomic mass is 16.4. The zero-order chi connectivity index (χ0) is 18.7. The molecule has 0 heterocycles. The van der Waals surface area contributed by atoms with Gasteiger partial charge in [0.2, 0.25) is 5.78 Å². The Bertz CT molecular complexity index is 632. The Morgan fingerprint density at radius 1 is 1.15 bits per heavy atom. The number of allylic oxidation sites excluding steroid dienone is 2. The second kappa shape index (κ2) is 8.39. The number of aliphatic hydroxyl groups is 1. The summed E-state index contributed by atoms with van der Waals surface area (Å²) in [7, 11) is 0. The number of hydrogen-bond donors (Lipinski definition) is 2. The number of carboxylic acids is 1. The molecule has 0 bridgehead atoms. The lowest BCUT2D eigenvalue weighted by molar-refractivity contribution is -0.136. The Labute approximate surface area is 156 Å². The van der Waals surface area contributed by atoms with Gasteiger partial charge >= 0.3 is 5.97 Å². The predicted molar refractivity (Wildman–Crippen MR) is 99.2 cm³/mol. The van der Waals surface area contributed by atoms with Crippen molar-refractivity contribution in [2.24, 2.45) is 29.6 Å². The fraction of sp³-hybridized carbons (Fsp3) is 0.727. The van der Waals surface area contributed by atoms with Gasteiger partial charge in [-0.2, -0.15) is 0 Å². The Hall–Kier alpha value is -1.60. The first-order valence-corrected chi connectivity index (χ1v) is 10.1. The van der Waals surface area contributed by atoms with E-state index in [4.69, 9.17) is 5.11 Å². The van der Waals surface area contributed by atoms with E-state index < -0.39 is 12.1 Å². The molecule has 3 saturated carbocycles. The molecule has 0 radical (unpaired) electrons. The molecule has 3 fully saturated rings. The molecule has 0 aliphatic heterocycles. The molecule has 0 aromatic rings. The van der Waals surface area contributed by atoms with Gasteiger partial charge in [-0.05, 0) is 55.8 Å². The average Bonchev–Trinajstić information content (AvgIpc) is 2.64. The Morgan fingerprint density at radius 2 is 1.88 bits per heavy atom. The lowest BCUT2D eigenvalue weighted by Gasteiger charge is -2.53. The van der Waals surface area contributed by atoms with Gasteiger partial charge in [-0.25, -0.2) is 0 Å². The van der Waals surface area contributed by atoms with E-state index >= 15 is 0 Å². The standard InChI is InChI=1S/C22H30O4/c1-14-16(8-5-9-21(25)26)17-10-13-20(24)18(22(14)17)11-12-19(23)15-6-3-2-4-7-15/h8,14-15,17-18,20,22,24H,2-7,9-10,13H2,1H3,(H,25,26)/t14?,17-,18+,20-,22+/m0/s1. The third-order valence-corrected chi connectivity index (χ3v) is 6.67. The summed E-state index contributed by atoms with van der Waals surface area (Å²) in [4.78, 5) is 23.1. The van der Waals surface area contributed by atoms with Gasteiger partial charge in [0, 0.05) is 12.3 Å². The summed E-state index contributed by atoms with van der Waals surface area (Å²) >= 11 is 0. The SMILES string of the molecule is CC1C(=CCCC(=O)O)[C@@H]2CC[C@H](O)[C@@H](C#CC(=O)C3CCCCC3)[C@H]12. The molecular formula is C22H30O4. The van der Waals surface area contributed by atoms with Crippen LogP contribution in [0.5, 0.6) is 0 Å². The average molecular weight is 358 g/mol. The van der Waals surface area contributed by atoms with Crippen LogP contribution in [0.1, 0.15) is 64.7 Å². The van der Waals surface area contributed by atoms with Crippen LogP contribution in [0.3, 0.4) is 0 Å². The van der Waals surface area contributed by atoms with Gasteiger partial charge in [0.15, 0.2) is 0 Å². The maximum atomic E-state index is 12.4. The van der Waals surface area contributed by atoms with Crippen LogP contribution in [0.4, 0.5) is 0 Å². The number of carbonyl (C=O) groups is 2. The number of ketones is 1. The molecule has 0 aromatic heterocycles. The van der Waals surface area contributed by atoms with Crippen LogP contribution in [0.25, 0.3) is 0 Å². The topological polar surface area (TPSA) is 74.6 Å². The fourth-order valence-corrected chi connectivity index (χ4v) is 5.23. The van der Waals surface area contributed by atoms with Crippen molar-refractivity contribution in [1.29, 1.82) is 0 Å². The third-order valence-electron chi connectivity index (χ3n) is 6.67. The third kappa shape index (κ3) is 4.04. The molecule has 4 heteroatoms. The van der Waals surface area contributed by atoms with Gasteiger partial charge in [0.1, 0.15) is 0 Å². The van der Waals surface area contributed by atoms with Crippen molar-refractivity contribution in [3.63, 3.8) is 0 Å². The summed E-state index contributed by atoms with van der Waals surface area (Å²) in [5, 5.41) is 19.3. The van der Waals surface area contributed by atoms with E-state index in [0.717, 1.165) is 32.1 Å². The molecule has 1 unspecified atom stereocenters. The van der Waals surface area contributed by atoms with E-state index in [1.165, 1.54) is 12.0 Å². The molecular weight excluding hydrogens is 328 g/mol. The van der Waals surface area contributed by atoms with E-state index in [1.54, 1.807) is 0 Å². The van der Waals surface area contributed by atoms with Crippen LogP contribution in [0.15, 0.2) is 11.6 Å². The highest BCUT2D eigenvalue weighted by Crippen LogP contribution is 2.55. The van der Waals surface area contributed by atoms with Gasteiger partial charge in [-0.1, -0.05) is 43.8 Å². The van der Waals surface area contributed by atoms with E-state index in [1.807, 2.05) is 0 Å². The second-order valence-electron chi connectivity index (χ2n) is 8.25. The number of rotatable bonds is 4. The minimum atomic E-state index is -0.769.